The lowest BCUT2D eigenvalue weighted by atomic mass is 10.1. The van der Waals surface area contributed by atoms with Gasteiger partial charge in [0.1, 0.15) is 5.69 Å². The maximum atomic E-state index is 12.2. The number of nitrogens with two attached hydrogens (primary N) is 1. The third-order valence-electron chi connectivity index (χ3n) is 3.56. The first-order valence-electron chi connectivity index (χ1n) is 6.95. The highest BCUT2D eigenvalue weighted by molar-refractivity contribution is 5.83. The molecule has 0 saturated heterocycles. The third kappa shape index (κ3) is 3.46. The van der Waals surface area contributed by atoms with Crippen molar-refractivity contribution in [3.8, 4) is 5.69 Å². The number of carbonyl (C=O) groups excluding carboxylic acids is 1. The van der Waals surface area contributed by atoms with Gasteiger partial charge < -0.3 is 5.73 Å². The lowest BCUT2D eigenvalue weighted by Gasteiger charge is -2.10. The van der Waals surface area contributed by atoms with Crippen molar-refractivity contribution in [2.75, 3.05) is 5.73 Å². The summed E-state index contributed by atoms with van der Waals surface area (Å²) in [6, 6.07) is 8.75. The summed E-state index contributed by atoms with van der Waals surface area (Å²) in [5.74, 6) is -1.77. The summed E-state index contributed by atoms with van der Waals surface area (Å²) < 4.78 is 39.4. The van der Waals surface area contributed by atoms with Gasteiger partial charge in [-0.3, -0.25) is 14.3 Å². The van der Waals surface area contributed by atoms with E-state index in [1.807, 2.05) is 0 Å². The molecule has 124 valence electrons. The molecule has 2 N–H and O–H groups in total. The van der Waals surface area contributed by atoms with Crippen LogP contribution in [0.3, 0.4) is 0 Å². The van der Waals surface area contributed by atoms with Crippen molar-refractivity contribution in [2.45, 2.75) is 25.4 Å². The zero-order valence-electron chi connectivity index (χ0n) is 12.4. The number of halogens is 3. The molecular formula is C15H16F3N3O2. The number of benzene rings is 1. The number of para-hydroxylation sites is 1. The Balaban J connectivity index is 2.22. The highest BCUT2D eigenvalue weighted by atomic mass is 19.4. The van der Waals surface area contributed by atoms with Gasteiger partial charge in [-0.25, -0.2) is 4.68 Å². The molecule has 0 aliphatic carbocycles. The Morgan fingerprint density at radius 2 is 1.83 bits per heavy atom. The average molecular weight is 327 g/mol. The molecule has 0 unspecified atom stereocenters. The Labute approximate surface area is 130 Å². The normalized spacial score (nSPS) is 11.7. The fourth-order valence-electron chi connectivity index (χ4n) is 2.38. The Kier molecular flexibility index (Phi) is 4.63. The Hall–Kier alpha value is -2.51. The topological polar surface area (TPSA) is 70.0 Å². The molecule has 1 aromatic carbocycles. The molecular weight excluding hydrogens is 311 g/mol. The summed E-state index contributed by atoms with van der Waals surface area (Å²) in [5.41, 5.74) is 6.34. The molecule has 5 nitrogen and oxygen atoms in total. The second-order valence-electron chi connectivity index (χ2n) is 5.11. The molecule has 0 saturated carbocycles. The monoisotopic (exact) mass is 327 g/mol. The van der Waals surface area contributed by atoms with Crippen molar-refractivity contribution in [3.63, 3.8) is 0 Å². The molecule has 0 atom stereocenters. The SMILES string of the molecule is Cn1c(CCCC(=O)C(F)(F)F)c(N)c(=O)n1-c1ccccc1. The van der Waals surface area contributed by atoms with Crippen LogP contribution in [0.2, 0.25) is 0 Å². The average Bonchev–Trinajstić information content (AvgIpc) is 2.70. The first kappa shape index (κ1) is 16.9. The minimum Gasteiger partial charge on any atom is -0.393 e. The lowest BCUT2D eigenvalue weighted by Crippen LogP contribution is -2.22. The first-order valence-corrected chi connectivity index (χ1v) is 6.95. The Morgan fingerprint density at radius 1 is 1.22 bits per heavy atom. The number of hydrogen-bond acceptors (Lipinski definition) is 3. The van der Waals surface area contributed by atoms with Gasteiger partial charge in [0, 0.05) is 13.5 Å². The van der Waals surface area contributed by atoms with Gasteiger partial charge in [0.15, 0.2) is 0 Å². The van der Waals surface area contributed by atoms with Crippen molar-refractivity contribution in [1.82, 2.24) is 9.36 Å². The molecule has 23 heavy (non-hydrogen) atoms. The molecule has 0 fully saturated rings. The van der Waals surface area contributed by atoms with E-state index in [0.29, 0.717) is 11.4 Å². The summed E-state index contributed by atoms with van der Waals surface area (Å²) in [6.45, 7) is 0. The number of ketones is 1. The van der Waals surface area contributed by atoms with Crippen molar-refractivity contribution < 1.29 is 18.0 Å². The summed E-state index contributed by atoms with van der Waals surface area (Å²) in [7, 11) is 1.60. The van der Waals surface area contributed by atoms with Gasteiger partial charge in [-0.1, -0.05) is 18.2 Å². The van der Waals surface area contributed by atoms with Gasteiger partial charge in [0.25, 0.3) is 5.56 Å². The van der Waals surface area contributed by atoms with Crippen LogP contribution < -0.4 is 11.3 Å². The lowest BCUT2D eigenvalue weighted by molar-refractivity contribution is -0.171. The van der Waals surface area contributed by atoms with Gasteiger partial charge in [0.2, 0.25) is 5.78 Å². The van der Waals surface area contributed by atoms with E-state index in [0.717, 1.165) is 0 Å². The van der Waals surface area contributed by atoms with Crippen LogP contribution in [0.5, 0.6) is 0 Å². The van der Waals surface area contributed by atoms with Gasteiger partial charge in [-0.05, 0) is 25.0 Å². The predicted octanol–water partition coefficient (Wildman–Crippen LogP) is 2.21. The van der Waals surface area contributed by atoms with E-state index in [2.05, 4.69) is 0 Å². The second-order valence-corrected chi connectivity index (χ2v) is 5.11. The number of hydrogen-bond donors (Lipinski definition) is 1. The highest BCUT2D eigenvalue weighted by Gasteiger charge is 2.37. The van der Waals surface area contributed by atoms with Crippen LogP contribution in [0.1, 0.15) is 18.5 Å². The highest BCUT2D eigenvalue weighted by Crippen LogP contribution is 2.20. The Morgan fingerprint density at radius 3 is 2.39 bits per heavy atom. The van der Waals surface area contributed by atoms with E-state index in [4.69, 9.17) is 5.73 Å². The molecule has 0 bridgehead atoms. The van der Waals surface area contributed by atoms with E-state index in [1.165, 1.54) is 9.36 Å². The number of rotatable bonds is 5. The quantitative estimate of drug-likeness (QED) is 0.915. The van der Waals surface area contributed by atoms with Crippen LogP contribution in [-0.2, 0) is 18.3 Å². The van der Waals surface area contributed by atoms with E-state index in [9.17, 15) is 22.8 Å². The zero-order chi connectivity index (χ0) is 17.2. The Bertz CT molecular complexity index is 761. The standard InChI is InChI=1S/C15H16F3N3O2/c1-20-11(8-5-9-12(22)15(16,17)18)13(19)14(23)21(20)10-6-3-2-4-7-10/h2-4,6-7H,5,8-9,19H2,1H3. The molecule has 1 aromatic heterocycles. The van der Waals surface area contributed by atoms with Crippen molar-refractivity contribution >= 4 is 11.5 Å². The summed E-state index contributed by atoms with van der Waals surface area (Å²) in [5, 5.41) is 0. The minimum atomic E-state index is -4.83. The third-order valence-corrected chi connectivity index (χ3v) is 3.56. The second kappa shape index (κ2) is 6.31. The molecule has 0 spiro atoms. The van der Waals surface area contributed by atoms with Crippen LogP contribution >= 0.6 is 0 Å². The largest absolute Gasteiger partial charge is 0.449 e. The van der Waals surface area contributed by atoms with Crippen LogP contribution in [0.15, 0.2) is 35.1 Å². The molecule has 1 heterocycles. The van der Waals surface area contributed by atoms with Gasteiger partial charge in [-0.2, -0.15) is 13.2 Å². The number of alkyl halides is 3. The number of carbonyl (C=O) groups is 1. The fraction of sp³-hybridized carbons (Fsp3) is 0.333. The van der Waals surface area contributed by atoms with Gasteiger partial charge in [0.05, 0.1) is 11.4 Å². The molecule has 0 radical (unpaired) electrons. The van der Waals surface area contributed by atoms with Crippen LogP contribution in [0, 0.1) is 0 Å². The maximum Gasteiger partial charge on any atom is 0.449 e. The van der Waals surface area contributed by atoms with Gasteiger partial charge in [-0.15, -0.1) is 0 Å². The molecule has 2 aromatic rings. The van der Waals surface area contributed by atoms with Crippen LogP contribution in [0.25, 0.3) is 5.69 Å². The van der Waals surface area contributed by atoms with E-state index in [-0.39, 0.29) is 18.5 Å². The summed E-state index contributed by atoms with van der Waals surface area (Å²) in [6.07, 6.45) is -5.38. The number of nitrogens with zero attached hydrogens (tertiary/aromatic N) is 2. The number of aromatic nitrogens is 2. The van der Waals surface area contributed by atoms with Crippen LogP contribution in [0.4, 0.5) is 18.9 Å². The van der Waals surface area contributed by atoms with Crippen molar-refractivity contribution in [1.29, 1.82) is 0 Å². The zero-order valence-corrected chi connectivity index (χ0v) is 12.4. The summed E-state index contributed by atoms with van der Waals surface area (Å²) in [4.78, 5) is 23.1. The smallest absolute Gasteiger partial charge is 0.393 e. The predicted molar refractivity (Wildman–Crippen MR) is 79.4 cm³/mol. The molecule has 0 aliphatic heterocycles. The number of Topliss-reactive ketones (excluding diaryl/α,β-unsaturated/α-hetero) is 1. The molecule has 8 heteroatoms. The molecule has 2 rings (SSSR count). The van der Waals surface area contributed by atoms with Crippen LogP contribution in [-0.4, -0.2) is 21.3 Å². The van der Waals surface area contributed by atoms with E-state index < -0.39 is 23.9 Å². The summed E-state index contributed by atoms with van der Waals surface area (Å²) >= 11 is 0. The minimum absolute atomic E-state index is 0.0178. The molecule has 0 aliphatic rings. The maximum absolute atomic E-state index is 12.2. The van der Waals surface area contributed by atoms with E-state index in [1.54, 1.807) is 37.4 Å². The fourth-order valence-corrected chi connectivity index (χ4v) is 2.38. The number of anilines is 1. The number of nitrogen functional groups attached to an aromatic ring is 1. The van der Waals surface area contributed by atoms with Gasteiger partial charge >= 0.3 is 6.18 Å². The van der Waals surface area contributed by atoms with Crippen molar-refractivity contribution in [2.24, 2.45) is 7.05 Å². The van der Waals surface area contributed by atoms with E-state index >= 15 is 0 Å². The first-order chi connectivity index (χ1) is 10.7. The van der Waals surface area contributed by atoms with Crippen molar-refractivity contribution in [3.05, 3.63) is 46.4 Å². The molecule has 0 amide bonds.